The number of aliphatic hydroxyl groups excluding tert-OH is 1. The second kappa shape index (κ2) is 6.83. The largest absolute Gasteiger partial charge is 0.395 e. The highest BCUT2D eigenvalue weighted by Gasteiger charge is 2.23. The van der Waals surface area contributed by atoms with E-state index in [0.717, 1.165) is 36.9 Å². The molecule has 0 aliphatic carbocycles. The maximum atomic E-state index is 12.4. The molecule has 19 heavy (non-hydrogen) atoms. The molecule has 1 saturated heterocycles. The Morgan fingerprint density at radius 1 is 1.32 bits per heavy atom. The standard InChI is InChI=1S/C16H23NO2/c1-13-7-4-5-9-15(13)16(19)11-17-10-6-2-3-8-14(17)12-18/h4-5,7,9,14,18H,2-3,6,8,10-12H2,1H3. The SMILES string of the molecule is Cc1ccccc1C(=O)CN1CCCCCC1CO. The Balaban J connectivity index is 2.06. The number of benzene rings is 1. The third-order valence-corrected chi connectivity index (χ3v) is 4.00. The number of hydrogen-bond donors (Lipinski definition) is 1. The molecule has 1 fully saturated rings. The number of carbonyl (C=O) groups excluding carboxylic acids is 1. The van der Waals surface area contributed by atoms with Gasteiger partial charge in [-0.15, -0.1) is 0 Å². The summed E-state index contributed by atoms with van der Waals surface area (Å²) in [6.07, 6.45) is 4.47. The molecule has 0 amide bonds. The Hall–Kier alpha value is -1.19. The smallest absolute Gasteiger partial charge is 0.177 e. The predicted molar refractivity (Wildman–Crippen MR) is 76.4 cm³/mol. The lowest BCUT2D eigenvalue weighted by Crippen LogP contribution is -2.41. The molecule has 0 saturated carbocycles. The fourth-order valence-corrected chi connectivity index (χ4v) is 2.81. The minimum atomic E-state index is 0.149. The molecule has 1 aromatic carbocycles. The number of hydrogen-bond acceptors (Lipinski definition) is 3. The van der Waals surface area contributed by atoms with Crippen molar-refractivity contribution in [1.82, 2.24) is 4.90 Å². The monoisotopic (exact) mass is 261 g/mol. The molecule has 2 rings (SSSR count). The van der Waals surface area contributed by atoms with Crippen molar-refractivity contribution >= 4 is 5.78 Å². The van der Waals surface area contributed by atoms with E-state index in [1.54, 1.807) is 0 Å². The van der Waals surface area contributed by atoms with Gasteiger partial charge in [0.2, 0.25) is 0 Å². The molecule has 0 bridgehead atoms. The van der Waals surface area contributed by atoms with Gasteiger partial charge in [0.25, 0.3) is 0 Å². The van der Waals surface area contributed by atoms with E-state index < -0.39 is 0 Å². The van der Waals surface area contributed by atoms with Crippen LogP contribution in [0.2, 0.25) is 0 Å². The summed E-state index contributed by atoms with van der Waals surface area (Å²) in [6.45, 7) is 3.47. The number of rotatable bonds is 4. The van der Waals surface area contributed by atoms with Crippen molar-refractivity contribution in [3.63, 3.8) is 0 Å². The van der Waals surface area contributed by atoms with Gasteiger partial charge in [-0.05, 0) is 31.9 Å². The lowest BCUT2D eigenvalue weighted by atomic mass is 10.0. The zero-order chi connectivity index (χ0) is 13.7. The Labute approximate surface area is 115 Å². The van der Waals surface area contributed by atoms with Crippen molar-refractivity contribution in [2.45, 2.75) is 38.6 Å². The van der Waals surface area contributed by atoms with Gasteiger partial charge >= 0.3 is 0 Å². The number of Topliss-reactive ketones (excluding diaryl/α,β-unsaturated/α-hetero) is 1. The van der Waals surface area contributed by atoms with Crippen LogP contribution in [0, 0.1) is 6.92 Å². The number of ketones is 1. The van der Waals surface area contributed by atoms with Gasteiger partial charge in [-0.3, -0.25) is 9.69 Å². The van der Waals surface area contributed by atoms with Crippen molar-refractivity contribution in [2.75, 3.05) is 19.7 Å². The highest BCUT2D eigenvalue weighted by atomic mass is 16.3. The fraction of sp³-hybridized carbons (Fsp3) is 0.562. The van der Waals surface area contributed by atoms with Gasteiger partial charge in [-0.2, -0.15) is 0 Å². The number of nitrogens with zero attached hydrogens (tertiary/aromatic N) is 1. The summed E-state index contributed by atoms with van der Waals surface area (Å²) in [5, 5.41) is 9.47. The third kappa shape index (κ3) is 3.64. The molecular weight excluding hydrogens is 238 g/mol. The zero-order valence-electron chi connectivity index (χ0n) is 11.6. The first-order valence-corrected chi connectivity index (χ1v) is 7.16. The molecular formula is C16H23NO2. The molecule has 1 aromatic rings. The van der Waals surface area contributed by atoms with Crippen LogP contribution in [0.1, 0.15) is 41.6 Å². The molecule has 0 spiro atoms. The molecule has 1 unspecified atom stereocenters. The van der Waals surface area contributed by atoms with E-state index in [1.165, 1.54) is 6.42 Å². The Morgan fingerprint density at radius 2 is 2.11 bits per heavy atom. The Kier molecular flexibility index (Phi) is 5.11. The molecule has 1 aliphatic rings. The number of carbonyl (C=O) groups is 1. The maximum absolute atomic E-state index is 12.4. The number of likely N-dealkylation sites (tertiary alicyclic amines) is 1. The van der Waals surface area contributed by atoms with Crippen LogP contribution in [0.15, 0.2) is 24.3 Å². The number of aliphatic hydroxyl groups is 1. The second-order valence-corrected chi connectivity index (χ2v) is 5.39. The molecule has 104 valence electrons. The molecule has 3 heteroatoms. The number of aryl methyl sites for hydroxylation is 1. The highest BCUT2D eigenvalue weighted by molar-refractivity contribution is 5.98. The van der Waals surface area contributed by atoms with Crippen molar-refractivity contribution < 1.29 is 9.90 Å². The van der Waals surface area contributed by atoms with E-state index in [9.17, 15) is 9.90 Å². The molecule has 1 atom stereocenters. The first-order valence-electron chi connectivity index (χ1n) is 7.16. The van der Waals surface area contributed by atoms with Gasteiger partial charge in [-0.25, -0.2) is 0 Å². The second-order valence-electron chi connectivity index (χ2n) is 5.39. The topological polar surface area (TPSA) is 40.5 Å². The van der Waals surface area contributed by atoms with E-state index in [4.69, 9.17) is 0 Å². The summed E-state index contributed by atoms with van der Waals surface area (Å²) in [7, 11) is 0. The quantitative estimate of drug-likeness (QED) is 0.846. The van der Waals surface area contributed by atoms with Gasteiger partial charge in [-0.1, -0.05) is 37.1 Å². The zero-order valence-corrected chi connectivity index (χ0v) is 11.6. The van der Waals surface area contributed by atoms with Crippen molar-refractivity contribution in [1.29, 1.82) is 0 Å². The molecule has 0 radical (unpaired) electrons. The Morgan fingerprint density at radius 3 is 2.84 bits per heavy atom. The van der Waals surface area contributed by atoms with Gasteiger partial charge in [0.15, 0.2) is 5.78 Å². The first kappa shape index (κ1) is 14.2. The summed E-state index contributed by atoms with van der Waals surface area (Å²) in [5.74, 6) is 0.165. The third-order valence-electron chi connectivity index (χ3n) is 4.00. The minimum Gasteiger partial charge on any atom is -0.395 e. The van der Waals surface area contributed by atoms with Crippen LogP contribution in [-0.4, -0.2) is 41.5 Å². The van der Waals surface area contributed by atoms with E-state index in [1.807, 2.05) is 31.2 Å². The van der Waals surface area contributed by atoms with E-state index in [-0.39, 0.29) is 18.4 Å². The molecule has 1 aliphatic heterocycles. The minimum absolute atomic E-state index is 0.149. The van der Waals surface area contributed by atoms with Gasteiger partial charge < -0.3 is 5.11 Å². The highest BCUT2D eigenvalue weighted by Crippen LogP contribution is 2.17. The van der Waals surface area contributed by atoms with Gasteiger partial charge in [0.05, 0.1) is 13.2 Å². The molecule has 0 aromatic heterocycles. The average Bonchev–Trinajstić information content (AvgIpc) is 2.64. The normalized spacial score (nSPS) is 21.1. The Bertz CT molecular complexity index is 431. The van der Waals surface area contributed by atoms with Crippen LogP contribution in [0.5, 0.6) is 0 Å². The van der Waals surface area contributed by atoms with Crippen LogP contribution < -0.4 is 0 Å². The summed E-state index contributed by atoms with van der Waals surface area (Å²) in [6, 6.07) is 7.87. The van der Waals surface area contributed by atoms with Crippen LogP contribution in [0.25, 0.3) is 0 Å². The van der Waals surface area contributed by atoms with E-state index in [0.29, 0.717) is 6.54 Å². The lowest BCUT2D eigenvalue weighted by molar-refractivity contribution is 0.0825. The molecule has 3 nitrogen and oxygen atoms in total. The van der Waals surface area contributed by atoms with E-state index in [2.05, 4.69) is 4.90 Å². The summed E-state index contributed by atoms with van der Waals surface area (Å²) in [4.78, 5) is 14.5. The average molecular weight is 261 g/mol. The first-order chi connectivity index (χ1) is 9.22. The molecule has 1 N–H and O–H groups in total. The summed E-state index contributed by atoms with van der Waals surface area (Å²) >= 11 is 0. The van der Waals surface area contributed by atoms with Crippen molar-refractivity contribution in [2.24, 2.45) is 0 Å². The maximum Gasteiger partial charge on any atom is 0.177 e. The van der Waals surface area contributed by atoms with E-state index >= 15 is 0 Å². The molecule has 1 heterocycles. The fourth-order valence-electron chi connectivity index (χ4n) is 2.81. The van der Waals surface area contributed by atoms with Crippen LogP contribution in [0.3, 0.4) is 0 Å². The lowest BCUT2D eigenvalue weighted by Gasteiger charge is -2.27. The van der Waals surface area contributed by atoms with Crippen molar-refractivity contribution in [3.05, 3.63) is 35.4 Å². The van der Waals surface area contributed by atoms with Crippen LogP contribution in [0.4, 0.5) is 0 Å². The van der Waals surface area contributed by atoms with Gasteiger partial charge in [0.1, 0.15) is 0 Å². The van der Waals surface area contributed by atoms with Crippen LogP contribution in [-0.2, 0) is 0 Å². The van der Waals surface area contributed by atoms with Gasteiger partial charge in [0, 0.05) is 11.6 Å². The predicted octanol–water partition coefficient (Wildman–Crippen LogP) is 2.41. The summed E-state index contributed by atoms with van der Waals surface area (Å²) in [5.41, 5.74) is 1.84. The summed E-state index contributed by atoms with van der Waals surface area (Å²) < 4.78 is 0. The van der Waals surface area contributed by atoms with Crippen molar-refractivity contribution in [3.8, 4) is 0 Å². The van der Waals surface area contributed by atoms with Crippen LogP contribution >= 0.6 is 0 Å².